The third-order valence-corrected chi connectivity index (χ3v) is 4.99. The van der Waals surface area contributed by atoms with Crippen molar-refractivity contribution < 1.29 is 22.7 Å². The highest BCUT2D eigenvalue weighted by molar-refractivity contribution is 7.89. The molecule has 9 heteroatoms. The molecule has 0 radical (unpaired) electrons. The minimum Gasteiger partial charge on any atom is -0.478 e. The van der Waals surface area contributed by atoms with E-state index < -0.39 is 16.0 Å². The monoisotopic (exact) mass is 341 g/mol. The number of carboxylic acid groups (broad SMARTS) is 1. The number of rotatable bonds is 7. The van der Waals surface area contributed by atoms with Crippen LogP contribution in [0.25, 0.3) is 0 Å². The first-order valence-electron chi connectivity index (χ1n) is 7.03. The molecule has 0 saturated heterocycles. The summed E-state index contributed by atoms with van der Waals surface area (Å²) >= 11 is 0. The van der Waals surface area contributed by atoms with Crippen molar-refractivity contribution in [3.8, 4) is 0 Å². The Morgan fingerprint density at radius 1 is 1.39 bits per heavy atom. The van der Waals surface area contributed by atoms with Crippen molar-refractivity contribution in [1.82, 2.24) is 14.5 Å². The molecule has 2 heterocycles. The molecule has 0 fully saturated rings. The van der Waals surface area contributed by atoms with Crippen LogP contribution in [0.15, 0.2) is 21.7 Å². The Kier molecular flexibility index (Phi) is 4.90. The minimum atomic E-state index is -3.94. The molecule has 2 rings (SSSR count). The van der Waals surface area contributed by atoms with Crippen LogP contribution in [0, 0.1) is 13.8 Å². The molecule has 0 bridgehead atoms. The molecule has 8 nitrogen and oxygen atoms in total. The van der Waals surface area contributed by atoms with Gasteiger partial charge >= 0.3 is 5.97 Å². The molecule has 0 aliphatic carbocycles. The molecule has 0 atom stereocenters. The second kappa shape index (κ2) is 6.55. The summed E-state index contributed by atoms with van der Waals surface area (Å²) in [5.41, 5.74) is 0.690. The van der Waals surface area contributed by atoms with Gasteiger partial charge in [0.05, 0.1) is 6.20 Å². The van der Waals surface area contributed by atoms with Gasteiger partial charge in [-0.05, 0) is 32.3 Å². The molecule has 0 aromatic carbocycles. The Balaban J connectivity index is 2.06. The number of aromatic nitrogens is 2. The number of hydrogen-bond acceptors (Lipinski definition) is 5. The molecule has 0 unspecified atom stereocenters. The summed E-state index contributed by atoms with van der Waals surface area (Å²) in [7, 11) is -2.13. The maximum absolute atomic E-state index is 12.4. The molecular weight excluding hydrogens is 322 g/mol. The number of aromatic carboxylic acids is 1. The SMILES string of the molecule is Cc1oc(C)c(S(=O)(=O)NCCCc2cnn(C)c2)c1C(=O)O. The van der Waals surface area contributed by atoms with Gasteiger partial charge in [0.25, 0.3) is 0 Å². The Morgan fingerprint density at radius 3 is 2.65 bits per heavy atom. The molecule has 2 N–H and O–H groups in total. The van der Waals surface area contributed by atoms with Gasteiger partial charge < -0.3 is 9.52 Å². The van der Waals surface area contributed by atoms with Crippen molar-refractivity contribution in [1.29, 1.82) is 0 Å². The van der Waals surface area contributed by atoms with E-state index in [1.54, 1.807) is 10.9 Å². The van der Waals surface area contributed by atoms with E-state index in [4.69, 9.17) is 4.42 Å². The first-order chi connectivity index (χ1) is 10.7. The van der Waals surface area contributed by atoms with E-state index >= 15 is 0 Å². The van der Waals surface area contributed by atoms with Crippen LogP contribution < -0.4 is 4.72 Å². The average Bonchev–Trinajstić information content (AvgIpc) is 2.98. The molecule has 0 spiro atoms. The molecular formula is C14H19N3O5S. The van der Waals surface area contributed by atoms with Gasteiger partial charge in [-0.25, -0.2) is 17.9 Å². The lowest BCUT2D eigenvalue weighted by Gasteiger charge is -2.06. The highest BCUT2D eigenvalue weighted by Crippen LogP contribution is 2.26. The molecule has 0 saturated carbocycles. The van der Waals surface area contributed by atoms with Crippen molar-refractivity contribution in [2.75, 3.05) is 6.54 Å². The van der Waals surface area contributed by atoms with Crippen LogP contribution in [0.1, 0.15) is 33.9 Å². The molecule has 0 amide bonds. The summed E-state index contributed by atoms with van der Waals surface area (Å²) in [6, 6.07) is 0. The predicted octanol–water partition coefficient (Wildman–Crippen LogP) is 1.24. The minimum absolute atomic E-state index is 0.0691. The molecule has 126 valence electrons. The Bertz CT molecular complexity index is 820. The van der Waals surface area contributed by atoms with Crippen molar-refractivity contribution in [3.63, 3.8) is 0 Å². The lowest BCUT2D eigenvalue weighted by Crippen LogP contribution is -2.27. The first kappa shape index (κ1) is 17.2. The molecule has 0 aliphatic heterocycles. The number of carboxylic acids is 1. The maximum Gasteiger partial charge on any atom is 0.340 e. The zero-order valence-corrected chi connectivity index (χ0v) is 14.0. The van der Waals surface area contributed by atoms with Crippen LogP contribution >= 0.6 is 0 Å². The zero-order valence-electron chi connectivity index (χ0n) is 13.2. The van der Waals surface area contributed by atoms with Crippen molar-refractivity contribution in [2.24, 2.45) is 7.05 Å². The second-order valence-corrected chi connectivity index (χ2v) is 6.95. The van der Waals surface area contributed by atoms with Gasteiger partial charge in [-0.2, -0.15) is 5.10 Å². The summed E-state index contributed by atoms with van der Waals surface area (Å²) in [6.45, 7) is 3.06. The maximum atomic E-state index is 12.4. The van der Waals surface area contributed by atoms with Crippen LogP contribution in [-0.4, -0.2) is 35.8 Å². The predicted molar refractivity (Wildman–Crippen MR) is 81.9 cm³/mol. The van der Waals surface area contributed by atoms with Crippen LogP contribution in [0.2, 0.25) is 0 Å². The molecule has 2 aromatic heterocycles. The zero-order chi connectivity index (χ0) is 17.2. The Morgan fingerprint density at radius 2 is 2.09 bits per heavy atom. The van der Waals surface area contributed by atoms with Crippen LogP contribution in [0.5, 0.6) is 0 Å². The fourth-order valence-electron chi connectivity index (χ4n) is 2.41. The van der Waals surface area contributed by atoms with Crippen LogP contribution in [0.4, 0.5) is 0 Å². The van der Waals surface area contributed by atoms with Gasteiger partial charge in [-0.3, -0.25) is 4.68 Å². The lowest BCUT2D eigenvalue weighted by atomic mass is 10.2. The standard InChI is InChI=1S/C14H19N3O5S/c1-9-12(14(18)19)13(10(2)22-9)23(20,21)16-6-4-5-11-7-15-17(3)8-11/h7-8,16H,4-6H2,1-3H3,(H,18,19). The molecule has 0 aliphatic rings. The Labute approximate surface area is 134 Å². The van der Waals surface area contributed by atoms with Gasteiger partial charge in [0.15, 0.2) is 0 Å². The van der Waals surface area contributed by atoms with E-state index in [1.165, 1.54) is 13.8 Å². The van der Waals surface area contributed by atoms with Gasteiger partial charge in [-0.1, -0.05) is 0 Å². The third-order valence-electron chi connectivity index (χ3n) is 3.38. The van der Waals surface area contributed by atoms with E-state index in [0.29, 0.717) is 12.8 Å². The molecule has 2 aromatic rings. The highest BCUT2D eigenvalue weighted by atomic mass is 32.2. The van der Waals surface area contributed by atoms with Gasteiger partial charge in [0, 0.05) is 19.8 Å². The van der Waals surface area contributed by atoms with Crippen LogP contribution in [0.3, 0.4) is 0 Å². The number of carbonyl (C=O) groups is 1. The van der Waals surface area contributed by atoms with Crippen molar-refractivity contribution in [2.45, 2.75) is 31.6 Å². The van der Waals surface area contributed by atoms with E-state index in [-0.39, 0.29) is 28.5 Å². The number of nitrogens with one attached hydrogen (secondary N) is 1. The fraction of sp³-hybridized carbons (Fsp3) is 0.429. The topological polar surface area (TPSA) is 114 Å². The lowest BCUT2D eigenvalue weighted by molar-refractivity contribution is 0.0691. The van der Waals surface area contributed by atoms with Crippen molar-refractivity contribution >= 4 is 16.0 Å². The number of nitrogens with zero attached hydrogens (tertiary/aromatic N) is 2. The third kappa shape index (κ3) is 3.80. The summed E-state index contributed by atoms with van der Waals surface area (Å²) < 4.78 is 34.0. The second-order valence-electron chi connectivity index (χ2n) is 5.25. The largest absolute Gasteiger partial charge is 0.478 e. The number of furan rings is 1. The van der Waals surface area contributed by atoms with Crippen LogP contribution in [-0.2, 0) is 23.5 Å². The van der Waals surface area contributed by atoms with Gasteiger partial charge in [-0.15, -0.1) is 0 Å². The number of hydrogen-bond donors (Lipinski definition) is 2. The summed E-state index contributed by atoms with van der Waals surface area (Å²) in [5, 5.41) is 13.2. The summed E-state index contributed by atoms with van der Waals surface area (Å²) in [6.07, 6.45) is 4.83. The molecule has 23 heavy (non-hydrogen) atoms. The van der Waals surface area contributed by atoms with E-state index in [1.807, 2.05) is 13.2 Å². The summed E-state index contributed by atoms with van der Waals surface area (Å²) in [5.74, 6) is -1.18. The van der Waals surface area contributed by atoms with E-state index in [0.717, 1.165) is 5.56 Å². The Hall–Kier alpha value is -2.13. The van der Waals surface area contributed by atoms with Gasteiger partial charge in [0.2, 0.25) is 10.0 Å². The quantitative estimate of drug-likeness (QED) is 0.732. The normalized spacial score (nSPS) is 11.8. The highest BCUT2D eigenvalue weighted by Gasteiger charge is 2.30. The van der Waals surface area contributed by atoms with Gasteiger partial charge in [0.1, 0.15) is 22.0 Å². The summed E-state index contributed by atoms with van der Waals surface area (Å²) in [4.78, 5) is 11.0. The average molecular weight is 341 g/mol. The van der Waals surface area contributed by atoms with E-state index in [2.05, 4.69) is 9.82 Å². The number of aryl methyl sites for hydroxylation is 4. The van der Waals surface area contributed by atoms with E-state index in [9.17, 15) is 18.3 Å². The first-order valence-corrected chi connectivity index (χ1v) is 8.51. The smallest absolute Gasteiger partial charge is 0.340 e. The number of sulfonamides is 1. The fourth-order valence-corrected chi connectivity index (χ4v) is 3.88. The van der Waals surface area contributed by atoms with Crippen molar-refractivity contribution in [3.05, 3.63) is 35.0 Å².